The van der Waals surface area contributed by atoms with E-state index in [9.17, 15) is 0 Å². The van der Waals surface area contributed by atoms with Crippen molar-refractivity contribution < 1.29 is 0 Å². The molecule has 30 heavy (non-hydrogen) atoms. The third-order valence-corrected chi connectivity index (χ3v) is 5.27. The normalized spacial score (nSPS) is 15.3. The minimum absolute atomic E-state index is 0. The molecule has 0 amide bonds. The van der Waals surface area contributed by atoms with Gasteiger partial charge in [-0.25, -0.2) is 4.98 Å². The summed E-state index contributed by atoms with van der Waals surface area (Å²) in [6.45, 7) is 5.17. The second-order valence-corrected chi connectivity index (χ2v) is 7.53. The highest BCUT2D eigenvalue weighted by Gasteiger charge is 2.19. The van der Waals surface area contributed by atoms with Crippen LogP contribution in [0.4, 0.5) is 5.82 Å². The van der Waals surface area contributed by atoms with Crippen LogP contribution in [-0.4, -0.2) is 55.1 Å². The zero-order valence-corrected chi connectivity index (χ0v) is 20.2. The molecule has 0 unspecified atom stereocenters. The summed E-state index contributed by atoms with van der Waals surface area (Å²) in [6, 6.07) is 17.2. The predicted molar refractivity (Wildman–Crippen MR) is 137 cm³/mol. The van der Waals surface area contributed by atoms with E-state index in [1.165, 1.54) is 5.56 Å². The monoisotopic (exact) mass is 522 g/mol. The molecule has 6 nitrogen and oxygen atoms in total. The molecule has 1 aliphatic rings. The van der Waals surface area contributed by atoms with Gasteiger partial charge in [-0.3, -0.25) is 9.89 Å². The Balaban J connectivity index is 0.00000320. The summed E-state index contributed by atoms with van der Waals surface area (Å²) < 4.78 is 0. The van der Waals surface area contributed by atoms with Crippen molar-refractivity contribution in [1.29, 1.82) is 0 Å². The Labute approximate surface area is 198 Å². The number of hydrogen-bond donors (Lipinski definition) is 3. The molecule has 0 aliphatic carbocycles. The van der Waals surface area contributed by atoms with Gasteiger partial charge < -0.3 is 16.0 Å². The molecule has 0 atom stereocenters. The predicted octanol–water partition coefficient (Wildman–Crippen LogP) is 3.72. The quantitative estimate of drug-likeness (QED) is 0.203. The third-order valence-electron chi connectivity index (χ3n) is 5.27. The summed E-state index contributed by atoms with van der Waals surface area (Å²) >= 11 is 0. The van der Waals surface area contributed by atoms with Gasteiger partial charge in [0.1, 0.15) is 5.82 Å². The topological polar surface area (TPSA) is 64.6 Å². The number of guanidine groups is 1. The average Bonchev–Trinajstić information content (AvgIpc) is 2.78. The van der Waals surface area contributed by atoms with Crippen LogP contribution in [0.5, 0.6) is 0 Å². The first-order chi connectivity index (χ1) is 14.3. The van der Waals surface area contributed by atoms with Gasteiger partial charge in [-0.05, 0) is 43.4 Å². The number of benzene rings is 1. The van der Waals surface area contributed by atoms with E-state index in [0.717, 1.165) is 70.2 Å². The number of pyridine rings is 1. The van der Waals surface area contributed by atoms with Crippen LogP contribution in [0.2, 0.25) is 0 Å². The highest BCUT2D eigenvalue weighted by atomic mass is 127. The minimum atomic E-state index is 0. The molecular formula is C23H35IN6. The van der Waals surface area contributed by atoms with Gasteiger partial charge in [0, 0.05) is 52.0 Å². The number of likely N-dealkylation sites (tertiary alicyclic amines) is 1. The first-order valence-electron chi connectivity index (χ1n) is 10.7. The van der Waals surface area contributed by atoms with Crippen LogP contribution in [-0.2, 0) is 6.54 Å². The number of nitrogens with zero attached hydrogens (tertiary/aromatic N) is 3. The average molecular weight is 522 g/mol. The van der Waals surface area contributed by atoms with E-state index in [0.29, 0.717) is 6.04 Å². The number of anilines is 1. The molecule has 3 N–H and O–H groups in total. The molecular weight excluding hydrogens is 487 g/mol. The van der Waals surface area contributed by atoms with Gasteiger partial charge in [-0.2, -0.15) is 0 Å². The van der Waals surface area contributed by atoms with E-state index in [1.807, 2.05) is 31.4 Å². The van der Waals surface area contributed by atoms with Crippen LogP contribution in [0.25, 0.3) is 0 Å². The Bertz CT molecular complexity index is 717. The Hall–Kier alpha value is -1.87. The first kappa shape index (κ1) is 24.4. The van der Waals surface area contributed by atoms with E-state index in [1.54, 1.807) is 0 Å². The van der Waals surface area contributed by atoms with Crippen molar-refractivity contribution in [2.24, 2.45) is 4.99 Å². The highest BCUT2D eigenvalue weighted by Crippen LogP contribution is 2.13. The second-order valence-electron chi connectivity index (χ2n) is 7.53. The Morgan fingerprint density at radius 3 is 2.47 bits per heavy atom. The fraction of sp³-hybridized carbons (Fsp3) is 0.478. The summed E-state index contributed by atoms with van der Waals surface area (Å²) in [5.74, 6) is 1.86. The van der Waals surface area contributed by atoms with Crippen molar-refractivity contribution in [3.8, 4) is 0 Å². The lowest BCUT2D eigenvalue weighted by atomic mass is 10.0. The smallest absolute Gasteiger partial charge is 0.191 e. The molecule has 2 aromatic rings. The number of rotatable bonds is 9. The molecule has 7 heteroatoms. The van der Waals surface area contributed by atoms with Crippen molar-refractivity contribution in [2.45, 2.75) is 38.3 Å². The van der Waals surface area contributed by atoms with Gasteiger partial charge in [0.2, 0.25) is 0 Å². The molecule has 0 radical (unpaired) electrons. The van der Waals surface area contributed by atoms with E-state index in [2.05, 4.69) is 61.2 Å². The number of aliphatic imine (C=N–C) groups is 1. The fourth-order valence-electron chi connectivity index (χ4n) is 3.61. The van der Waals surface area contributed by atoms with Crippen LogP contribution in [0, 0.1) is 0 Å². The van der Waals surface area contributed by atoms with Gasteiger partial charge in [0.15, 0.2) is 5.96 Å². The molecule has 1 aromatic heterocycles. The van der Waals surface area contributed by atoms with Crippen molar-refractivity contribution in [3.63, 3.8) is 0 Å². The van der Waals surface area contributed by atoms with Gasteiger partial charge in [-0.15, -0.1) is 24.0 Å². The lowest BCUT2D eigenvalue weighted by molar-refractivity contribution is 0.198. The zero-order chi connectivity index (χ0) is 20.2. The van der Waals surface area contributed by atoms with Crippen molar-refractivity contribution >= 4 is 35.8 Å². The number of nitrogens with one attached hydrogen (secondary N) is 3. The van der Waals surface area contributed by atoms with Crippen molar-refractivity contribution in [2.75, 3.05) is 38.5 Å². The molecule has 1 fully saturated rings. The van der Waals surface area contributed by atoms with Crippen LogP contribution in [0.1, 0.15) is 31.2 Å². The largest absolute Gasteiger partial charge is 0.370 e. The van der Waals surface area contributed by atoms with Gasteiger partial charge in [0.05, 0.1) is 0 Å². The standard InChI is InChI=1S/C23H34N6.HI/c1-24-23(27-16-8-7-15-26-22-11-5-6-14-25-22)28-21-12-17-29(18-13-21)19-20-9-3-2-4-10-20;/h2-6,9-11,14,21H,7-8,12-13,15-19H2,1H3,(H,25,26)(H2,24,27,28);1H. The number of halogens is 1. The molecule has 164 valence electrons. The van der Waals surface area contributed by atoms with Gasteiger partial charge >= 0.3 is 0 Å². The highest BCUT2D eigenvalue weighted by molar-refractivity contribution is 14.0. The molecule has 1 aromatic carbocycles. The van der Waals surface area contributed by atoms with Crippen LogP contribution in [0.15, 0.2) is 59.7 Å². The molecule has 1 saturated heterocycles. The summed E-state index contributed by atoms with van der Waals surface area (Å²) in [5, 5.41) is 10.4. The summed E-state index contributed by atoms with van der Waals surface area (Å²) in [7, 11) is 1.85. The SMILES string of the molecule is CN=C(NCCCCNc1ccccn1)NC1CCN(Cc2ccccc2)CC1.I. The summed E-state index contributed by atoms with van der Waals surface area (Å²) in [5.41, 5.74) is 1.40. The number of aromatic nitrogens is 1. The number of hydrogen-bond acceptors (Lipinski definition) is 4. The maximum atomic E-state index is 4.39. The minimum Gasteiger partial charge on any atom is -0.370 e. The lowest BCUT2D eigenvalue weighted by Crippen LogP contribution is -2.48. The van der Waals surface area contributed by atoms with Crippen LogP contribution < -0.4 is 16.0 Å². The molecule has 0 spiro atoms. The van der Waals surface area contributed by atoms with Crippen LogP contribution >= 0.6 is 24.0 Å². The van der Waals surface area contributed by atoms with Gasteiger partial charge in [-0.1, -0.05) is 36.4 Å². The van der Waals surface area contributed by atoms with E-state index >= 15 is 0 Å². The van der Waals surface area contributed by atoms with E-state index < -0.39 is 0 Å². The molecule has 0 bridgehead atoms. The number of piperidine rings is 1. The second kappa shape index (κ2) is 14.2. The maximum Gasteiger partial charge on any atom is 0.191 e. The molecule has 0 saturated carbocycles. The van der Waals surface area contributed by atoms with Crippen LogP contribution in [0.3, 0.4) is 0 Å². The first-order valence-corrected chi connectivity index (χ1v) is 10.7. The Kier molecular flexibility index (Phi) is 11.5. The summed E-state index contributed by atoms with van der Waals surface area (Å²) in [4.78, 5) is 11.2. The summed E-state index contributed by atoms with van der Waals surface area (Å²) in [6.07, 6.45) is 6.31. The lowest BCUT2D eigenvalue weighted by Gasteiger charge is -2.33. The van der Waals surface area contributed by atoms with Crippen molar-refractivity contribution in [3.05, 3.63) is 60.3 Å². The van der Waals surface area contributed by atoms with E-state index in [-0.39, 0.29) is 24.0 Å². The van der Waals surface area contributed by atoms with Crippen molar-refractivity contribution in [1.82, 2.24) is 20.5 Å². The molecule has 1 aliphatic heterocycles. The number of unbranched alkanes of at least 4 members (excludes halogenated alkanes) is 1. The third kappa shape index (κ3) is 8.87. The Morgan fingerprint density at radius 1 is 1.03 bits per heavy atom. The zero-order valence-electron chi connectivity index (χ0n) is 17.9. The van der Waals surface area contributed by atoms with Gasteiger partial charge in [0.25, 0.3) is 0 Å². The maximum absolute atomic E-state index is 4.39. The molecule has 2 heterocycles. The molecule has 3 rings (SSSR count). The fourth-order valence-corrected chi connectivity index (χ4v) is 3.61. The van der Waals surface area contributed by atoms with E-state index in [4.69, 9.17) is 0 Å². The Morgan fingerprint density at radius 2 is 1.77 bits per heavy atom.